The summed E-state index contributed by atoms with van der Waals surface area (Å²) in [5.41, 5.74) is 7.43. The summed E-state index contributed by atoms with van der Waals surface area (Å²) in [7, 11) is 0. The fourth-order valence-electron chi connectivity index (χ4n) is 1.94. The van der Waals surface area contributed by atoms with E-state index in [4.69, 9.17) is 10.5 Å². The van der Waals surface area contributed by atoms with Crippen LogP contribution in [0.1, 0.15) is 42.1 Å². The second-order valence-electron chi connectivity index (χ2n) is 4.87. The number of hydrogen-bond donors (Lipinski definition) is 1. The highest BCUT2D eigenvalue weighted by Crippen LogP contribution is 2.28. The topological polar surface area (TPSA) is 35.2 Å². The first kappa shape index (κ1) is 14.1. The highest BCUT2D eigenvalue weighted by Gasteiger charge is 2.11. The average molecular weight is 275 g/mol. The number of thiophene rings is 1. The van der Waals surface area contributed by atoms with Gasteiger partial charge in [0.15, 0.2) is 0 Å². The Morgan fingerprint density at radius 2 is 1.79 bits per heavy atom. The normalized spacial score (nSPS) is 12.7. The standard InChI is InChI=1S/C16H21NOS/c1-4-14-9-10-15(19-14)16(17)12-5-7-13(8-6-12)18-11(2)3/h5-11,16H,4,17H2,1-3H3. The van der Waals surface area contributed by atoms with E-state index >= 15 is 0 Å². The van der Waals surface area contributed by atoms with E-state index in [0.717, 1.165) is 17.7 Å². The van der Waals surface area contributed by atoms with E-state index < -0.39 is 0 Å². The Labute approximate surface area is 119 Å². The first-order chi connectivity index (χ1) is 9.10. The third-order valence-corrected chi connectivity index (χ3v) is 4.26. The molecule has 102 valence electrons. The van der Waals surface area contributed by atoms with Gasteiger partial charge in [-0.1, -0.05) is 19.1 Å². The molecule has 1 aromatic carbocycles. The molecule has 1 unspecified atom stereocenters. The minimum absolute atomic E-state index is 0.0431. The molecule has 2 rings (SSSR count). The maximum atomic E-state index is 6.31. The lowest BCUT2D eigenvalue weighted by Gasteiger charge is -2.13. The van der Waals surface area contributed by atoms with Crippen LogP contribution in [-0.2, 0) is 6.42 Å². The van der Waals surface area contributed by atoms with Gasteiger partial charge in [0, 0.05) is 9.75 Å². The Morgan fingerprint density at radius 3 is 2.32 bits per heavy atom. The van der Waals surface area contributed by atoms with Crippen molar-refractivity contribution in [2.45, 2.75) is 39.3 Å². The lowest BCUT2D eigenvalue weighted by atomic mass is 10.1. The van der Waals surface area contributed by atoms with E-state index in [9.17, 15) is 0 Å². The molecular formula is C16H21NOS. The fraction of sp³-hybridized carbons (Fsp3) is 0.375. The fourth-order valence-corrected chi connectivity index (χ4v) is 2.92. The number of hydrogen-bond acceptors (Lipinski definition) is 3. The van der Waals surface area contributed by atoms with Crippen molar-refractivity contribution in [2.75, 3.05) is 0 Å². The van der Waals surface area contributed by atoms with Crippen molar-refractivity contribution in [3.05, 3.63) is 51.7 Å². The maximum Gasteiger partial charge on any atom is 0.119 e. The Balaban J connectivity index is 2.12. The lowest BCUT2D eigenvalue weighted by molar-refractivity contribution is 0.242. The molecule has 0 amide bonds. The molecule has 0 radical (unpaired) electrons. The highest BCUT2D eigenvalue weighted by molar-refractivity contribution is 7.12. The summed E-state index contributed by atoms with van der Waals surface area (Å²) in [5.74, 6) is 0.895. The molecule has 1 heterocycles. The summed E-state index contributed by atoms with van der Waals surface area (Å²) in [4.78, 5) is 2.60. The van der Waals surface area contributed by atoms with Crippen LogP contribution in [0.4, 0.5) is 0 Å². The average Bonchev–Trinajstić information content (AvgIpc) is 2.87. The largest absolute Gasteiger partial charge is 0.491 e. The van der Waals surface area contributed by atoms with Gasteiger partial charge in [0.25, 0.3) is 0 Å². The second kappa shape index (κ2) is 6.22. The molecule has 0 aliphatic heterocycles. The maximum absolute atomic E-state index is 6.31. The Kier molecular flexibility index (Phi) is 4.61. The van der Waals surface area contributed by atoms with Crippen molar-refractivity contribution in [1.29, 1.82) is 0 Å². The molecule has 2 aromatic rings. The van der Waals surface area contributed by atoms with E-state index in [1.165, 1.54) is 9.75 Å². The van der Waals surface area contributed by atoms with E-state index in [2.05, 4.69) is 19.1 Å². The summed E-state index contributed by atoms with van der Waals surface area (Å²) >= 11 is 1.79. The minimum Gasteiger partial charge on any atom is -0.491 e. The van der Waals surface area contributed by atoms with Gasteiger partial charge in [0.1, 0.15) is 5.75 Å². The summed E-state index contributed by atoms with van der Waals surface area (Å²) in [5, 5.41) is 0. The van der Waals surface area contributed by atoms with Crippen LogP contribution in [0.3, 0.4) is 0 Å². The zero-order chi connectivity index (χ0) is 13.8. The Hall–Kier alpha value is -1.32. The van der Waals surface area contributed by atoms with Crippen LogP contribution >= 0.6 is 11.3 Å². The molecule has 0 aliphatic carbocycles. The molecule has 2 nitrogen and oxygen atoms in total. The van der Waals surface area contributed by atoms with Gasteiger partial charge < -0.3 is 10.5 Å². The van der Waals surface area contributed by atoms with Crippen molar-refractivity contribution >= 4 is 11.3 Å². The summed E-state index contributed by atoms with van der Waals surface area (Å²) in [6, 6.07) is 12.3. The molecule has 1 aromatic heterocycles. The lowest BCUT2D eigenvalue weighted by Crippen LogP contribution is -2.10. The molecule has 2 N–H and O–H groups in total. The second-order valence-corrected chi connectivity index (χ2v) is 6.07. The van der Waals surface area contributed by atoms with E-state index in [-0.39, 0.29) is 12.1 Å². The predicted octanol–water partition coefficient (Wildman–Crippen LogP) is 4.15. The molecule has 0 saturated heterocycles. The molecule has 3 heteroatoms. The smallest absolute Gasteiger partial charge is 0.119 e. The van der Waals surface area contributed by atoms with Crippen LogP contribution in [0.5, 0.6) is 5.75 Å². The van der Waals surface area contributed by atoms with Gasteiger partial charge in [-0.05, 0) is 50.1 Å². The van der Waals surface area contributed by atoms with Crippen LogP contribution in [0, 0.1) is 0 Å². The van der Waals surface area contributed by atoms with Gasteiger partial charge in [-0.3, -0.25) is 0 Å². The molecule has 1 atom stereocenters. The summed E-state index contributed by atoms with van der Waals surface area (Å²) in [6.45, 7) is 6.22. The zero-order valence-corrected chi connectivity index (χ0v) is 12.5. The Morgan fingerprint density at radius 1 is 1.11 bits per heavy atom. The molecule has 19 heavy (non-hydrogen) atoms. The minimum atomic E-state index is -0.0431. The monoisotopic (exact) mass is 275 g/mol. The van der Waals surface area contributed by atoms with E-state index in [1.807, 2.05) is 38.1 Å². The van der Waals surface area contributed by atoms with E-state index in [0.29, 0.717) is 0 Å². The Bertz CT molecular complexity index is 516. The molecule has 0 fully saturated rings. The van der Waals surface area contributed by atoms with Gasteiger partial charge in [-0.15, -0.1) is 11.3 Å². The highest BCUT2D eigenvalue weighted by atomic mass is 32.1. The van der Waals surface area contributed by atoms with Crippen LogP contribution in [0.25, 0.3) is 0 Å². The summed E-state index contributed by atoms with van der Waals surface area (Å²) in [6.07, 6.45) is 1.27. The number of nitrogens with two attached hydrogens (primary N) is 1. The SMILES string of the molecule is CCc1ccc(C(N)c2ccc(OC(C)C)cc2)s1. The van der Waals surface area contributed by atoms with Crippen LogP contribution in [-0.4, -0.2) is 6.10 Å². The first-order valence-corrected chi connectivity index (χ1v) is 7.52. The first-order valence-electron chi connectivity index (χ1n) is 6.71. The number of aryl methyl sites for hydroxylation is 1. The van der Waals surface area contributed by atoms with Crippen LogP contribution in [0.2, 0.25) is 0 Å². The number of benzene rings is 1. The van der Waals surface area contributed by atoms with Crippen molar-refractivity contribution in [3.63, 3.8) is 0 Å². The summed E-state index contributed by atoms with van der Waals surface area (Å²) < 4.78 is 5.64. The van der Waals surface area contributed by atoms with Crippen LogP contribution in [0.15, 0.2) is 36.4 Å². The van der Waals surface area contributed by atoms with Gasteiger partial charge >= 0.3 is 0 Å². The van der Waals surface area contributed by atoms with Gasteiger partial charge in [0.2, 0.25) is 0 Å². The third-order valence-electron chi connectivity index (χ3n) is 2.95. The molecule has 0 aliphatic rings. The number of ether oxygens (including phenoxy) is 1. The predicted molar refractivity (Wildman–Crippen MR) is 81.9 cm³/mol. The van der Waals surface area contributed by atoms with E-state index in [1.54, 1.807) is 11.3 Å². The van der Waals surface area contributed by atoms with Crippen molar-refractivity contribution < 1.29 is 4.74 Å². The van der Waals surface area contributed by atoms with Gasteiger partial charge in [0.05, 0.1) is 12.1 Å². The third kappa shape index (κ3) is 3.58. The number of rotatable bonds is 5. The van der Waals surface area contributed by atoms with Crippen molar-refractivity contribution in [3.8, 4) is 5.75 Å². The molecule has 0 saturated carbocycles. The van der Waals surface area contributed by atoms with Crippen LogP contribution < -0.4 is 10.5 Å². The quantitative estimate of drug-likeness (QED) is 0.890. The molecule has 0 bridgehead atoms. The van der Waals surface area contributed by atoms with Crippen molar-refractivity contribution in [2.24, 2.45) is 5.73 Å². The molecular weight excluding hydrogens is 254 g/mol. The zero-order valence-electron chi connectivity index (χ0n) is 11.7. The molecule has 0 spiro atoms. The van der Waals surface area contributed by atoms with Gasteiger partial charge in [-0.25, -0.2) is 0 Å². The van der Waals surface area contributed by atoms with Crippen molar-refractivity contribution in [1.82, 2.24) is 0 Å². The van der Waals surface area contributed by atoms with Gasteiger partial charge in [-0.2, -0.15) is 0 Å².